The maximum absolute atomic E-state index is 12.4. The van der Waals surface area contributed by atoms with Crippen molar-refractivity contribution >= 4 is 27.4 Å². The molecular weight excluding hydrogens is 334 g/mol. The molecule has 0 saturated heterocycles. The van der Waals surface area contributed by atoms with Crippen LogP contribution in [-0.2, 0) is 0 Å². The molecule has 7 heteroatoms. The first kappa shape index (κ1) is 15.5. The van der Waals surface area contributed by atoms with Crippen molar-refractivity contribution in [3.05, 3.63) is 59.1 Å². The highest BCUT2D eigenvalue weighted by atomic mass is 32.1. The highest BCUT2D eigenvalue weighted by Crippen LogP contribution is 2.31. The minimum Gasteiger partial charge on any atom is -0.369 e. The maximum Gasteiger partial charge on any atom is 0.259 e. The summed E-state index contributed by atoms with van der Waals surface area (Å²) in [5, 5.41) is 3.67. The first-order valence-electron chi connectivity index (χ1n) is 7.90. The van der Waals surface area contributed by atoms with E-state index in [4.69, 9.17) is 0 Å². The van der Waals surface area contributed by atoms with Crippen molar-refractivity contribution in [2.24, 2.45) is 0 Å². The molecule has 3 heterocycles. The second kappa shape index (κ2) is 6.45. The Hall–Kier alpha value is -3.06. The standard InChI is InChI=1S/C18H15N5OS/c1-2-19-15-10-20-13(9-21-15)16-22-17(24)12-8-14(25-18(12)23-16)11-6-4-3-5-7-11/h3-10H,2H2,1H3,(H,19,21)(H,22,23,24). The van der Waals surface area contributed by atoms with E-state index in [1.165, 1.54) is 11.3 Å². The molecule has 124 valence electrons. The van der Waals surface area contributed by atoms with Gasteiger partial charge in [-0.05, 0) is 18.6 Å². The molecule has 0 aliphatic rings. The first-order valence-corrected chi connectivity index (χ1v) is 8.72. The van der Waals surface area contributed by atoms with E-state index in [2.05, 4.69) is 25.3 Å². The molecule has 0 amide bonds. The number of H-pyrrole nitrogens is 1. The molecule has 0 atom stereocenters. The van der Waals surface area contributed by atoms with Crippen molar-refractivity contribution in [1.29, 1.82) is 0 Å². The number of fused-ring (bicyclic) bond motifs is 1. The lowest BCUT2D eigenvalue weighted by Gasteiger charge is -2.03. The van der Waals surface area contributed by atoms with E-state index in [9.17, 15) is 4.79 Å². The number of nitrogens with zero attached hydrogens (tertiary/aromatic N) is 3. The third kappa shape index (κ3) is 3.01. The number of rotatable bonds is 4. The van der Waals surface area contributed by atoms with Gasteiger partial charge < -0.3 is 10.3 Å². The third-order valence-corrected chi connectivity index (χ3v) is 4.79. The summed E-state index contributed by atoms with van der Waals surface area (Å²) in [6.07, 6.45) is 3.24. The second-order valence-electron chi connectivity index (χ2n) is 5.43. The largest absolute Gasteiger partial charge is 0.369 e. The Morgan fingerprint density at radius 2 is 2.00 bits per heavy atom. The zero-order valence-corrected chi connectivity index (χ0v) is 14.3. The fraction of sp³-hybridized carbons (Fsp3) is 0.111. The normalized spacial score (nSPS) is 10.9. The summed E-state index contributed by atoms with van der Waals surface area (Å²) in [5.74, 6) is 1.12. The predicted molar refractivity (Wildman–Crippen MR) is 101 cm³/mol. The van der Waals surface area contributed by atoms with Gasteiger partial charge in [-0.2, -0.15) is 0 Å². The molecule has 0 radical (unpaired) electrons. The molecule has 0 fully saturated rings. The van der Waals surface area contributed by atoms with Crippen molar-refractivity contribution in [2.45, 2.75) is 6.92 Å². The van der Waals surface area contributed by atoms with Crippen LogP contribution in [0.15, 0.2) is 53.6 Å². The van der Waals surface area contributed by atoms with Crippen LogP contribution < -0.4 is 10.9 Å². The van der Waals surface area contributed by atoms with Crippen molar-refractivity contribution in [3.63, 3.8) is 0 Å². The summed E-state index contributed by atoms with van der Waals surface area (Å²) in [7, 11) is 0. The topological polar surface area (TPSA) is 83.6 Å². The SMILES string of the molecule is CCNc1cnc(-c2nc3sc(-c4ccccc4)cc3c(=O)[nH]2)cn1. The van der Waals surface area contributed by atoms with Gasteiger partial charge in [0.1, 0.15) is 16.3 Å². The molecule has 4 rings (SSSR count). The average Bonchev–Trinajstić information content (AvgIpc) is 3.08. The molecule has 3 aromatic heterocycles. The zero-order valence-electron chi connectivity index (χ0n) is 13.5. The first-order chi connectivity index (χ1) is 12.2. The molecule has 0 saturated carbocycles. The smallest absolute Gasteiger partial charge is 0.259 e. The molecule has 0 unspecified atom stereocenters. The van der Waals surface area contributed by atoms with Gasteiger partial charge in [-0.1, -0.05) is 30.3 Å². The number of anilines is 1. The third-order valence-electron chi connectivity index (χ3n) is 3.71. The van der Waals surface area contributed by atoms with E-state index in [1.54, 1.807) is 12.4 Å². The molecule has 0 aliphatic carbocycles. The van der Waals surface area contributed by atoms with Crippen molar-refractivity contribution < 1.29 is 0 Å². The number of aromatic amines is 1. The minimum absolute atomic E-state index is 0.170. The van der Waals surface area contributed by atoms with Crippen LogP contribution in [0.2, 0.25) is 0 Å². The molecule has 0 spiro atoms. The number of hydrogen-bond acceptors (Lipinski definition) is 6. The lowest BCUT2D eigenvalue weighted by atomic mass is 10.2. The molecule has 0 aliphatic heterocycles. The number of nitrogens with one attached hydrogen (secondary N) is 2. The van der Waals surface area contributed by atoms with Gasteiger partial charge in [0.25, 0.3) is 5.56 Å². The maximum atomic E-state index is 12.4. The molecule has 25 heavy (non-hydrogen) atoms. The monoisotopic (exact) mass is 349 g/mol. The van der Waals surface area contributed by atoms with E-state index in [1.807, 2.05) is 43.3 Å². The Bertz CT molecular complexity index is 1070. The van der Waals surface area contributed by atoms with Crippen LogP contribution in [-0.4, -0.2) is 26.5 Å². The van der Waals surface area contributed by atoms with E-state index in [0.29, 0.717) is 27.6 Å². The van der Waals surface area contributed by atoms with Gasteiger partial charge in [-0.25, -0.2) is 15.0 Å². The summed E-state index contributed by atoms with van der Waals surface area (Å²) >= 11 is 1.49. The van der Waals surface area contributed by atoms with Gasteiger partial charge in [-0.15, -0.1) is 11.3 Å². The Morgan fingerprint density at radius 3 is 2.72 bits per heavy atom. The number of hydrogen-bond donors (Lipinski definition) is 2. The van der Waals surface area contributed by atoms with Gasteiger partial charge in [-0.3, -0.25) is 4.79 Å². The van der Waals surface area contributed by atoms with E-state index < -0.39 is 0 Å². The van der Waals surface area contributed by atoms with Crippen LogP contribution in [0.1, 0.15) is 6.92 Å². The predicted octanol–water partition coefficient (Wildman–Crippen LogP) is 3.54. The van der Waals surface area contributed by atoms with Crippen LogP contribution in [0, 0.1) is 0 Å². The number of thiophene rings is 1. The van der Waals surface area contributed by atoms with Crippen LogP contribution >= 0.6 is 11.3 Å². The lowest BCUT2D eigenvalue weighted by molar-refractivity contribution is 1.09. The number of benzene rings is 1. The summed E-state index contributed by atoms with van der Waals surface area (Å²) in [5.41, 5.74) is 1.44. The fourth-order valence-corrected chi connectivity index (χ4v) is 3.56. The van der Waals surface area contributed by atoms with E-state index >= 15 is 0 Å². The van der Waals surface area contributed by atoms with Gasteiger partial charge in [0.2, 0.25) is 0 Å². The molecule has 4 aromatic rings. The molecule has 0 bridgehead atoms. The molecule has 2 N–H and O–H groups in total. The van der Waals surface area contributed by atoms with E-state index in [0.717, 1.165) is 17.0 Å². The Labute approximate surface area is 147 Å². The highest BCUT2D eigenvalue weighted by molar-refractivity contribution is 7.21. The van der Waals surface area contributed by atoms with Crippen molar-refractivity contribution in [1.82, 2.24) is 19.9 Å². The van der Waals surface area contributed by atoms with E-state index in [-0.39, 0.29) is 5.56 Å². The summed E-state index contributed by atoms with van der Waals surface area (Å²) in [6, 6.07) is 11.8. The van der Waals surface area contributed by atoms with Crippen molar-refractivity contribution in [2.75, 3.05) is 11.9 Å². The second-order valence-corrected chi connectivity index (χ2v) is 6.46. The Morgan fingerprint density at radius 1 is 1.16 bits per heavy atom. The Kier molecular flexibility index (Phi) is 3.99. The highest BCUT2D eigenvalue weighted by Gasteiger charge is 2.12. The van der Waals surface area contributed by atoms with Gasteiger partial charge in [0.15, 0.2) is 5.82 Å². The van der Waals surface area contributed by atoms with Gasteiger partial charge >= 0.3 is 0 Å². The van der Waals surface area contributed by atoms with Crippen LogP contribution in [0.5, 0.6) is 0 Å². The summed E-state index contributed by atoms with van der Waals surface area (Å²) in [4.78, 5) is 30.1. The number of aromatic nitrogens is 4. The summed E-state index contributed by atoms with van der Waals surface area (Å²) in [6.45, 7) is 2.76. The van der Waals surface area contributed by atoms with Gasteiger partial charge in [0, 0.05) is 11.4 Å². The zero-order chi connectivity index (χ0) is 17.2. The minimum atomic E-state index is -0.170. The molecule has 1 aromatic carbocycles. The fourth-order valence-electron chi connectivity index (χ4n) is 2.52. The Balaban J connectivity index is 1.77. The van der Waals surface area contributed by atoms with Crippen molar-refractivity contribution in [3.8, 4) is 22.0 Å². The molecule has 6 nitrogen and oxygen atoms in total. The van der Waals surface area contributed by atoms with Gasteiger partial charge in [0.05, 0.1) is 17.8 Å². The van der Waals surface area contributed by atoms with Crippen LogP contribution in [0.4, 0.5) is 5.82 Å². The van der Waals surface area contributed by atoms with Crippen LogP contribution in [0.3, 0.4) is 0 Å². The lowest BCUT2D eigenvalue weighted by Crippen LogP contribution is -2.09. The quantitative estimate of drug-likeness (QED) is 0.589. The van der Waals surface area contributed by atoms with Crippen LogP contribution in [0.25, 0.3) is 32.2 Å². The molecular formula is C18H15N5OS. The summed E-state index contributed by atoms with van der Waals surface area (Å²) < 4.78 is 0. The average molecular weight is 349 g/mol.